The topological polar surface area (TPSA) is 48.3 Å². The summed E-state index contributed by atoms with van der Waals surface area (Å²) in [5, 5.41) is 1.91. The monoisotopic (exact) mass is 345 g/mol. The first-order chi connectivity index (χ1) is 11.5. The lowest BCUT2D eigenvalue weighted by Gasteiger charge is -2.17. The third-order valence-electron chi connectivity index (χ3n) is 4.40. The Kier molecular flexibility index (Phi) is 4.90. The van der Waals surface area contributed by atoms with Gasteiger partial charge >= 0.3 is 5.97 Å². The Balaban J connectivity index is 2.02. The van der Waals surface area contributed by atoms with Crippen molar-refractivity contribution in [3.05, 3.63) is 45.4 Å². The van der Waals surface area contributed by atoms with Gasteiger partial charge < -0.3 is 9.30 Å². The molecule has 1 atom stereocenters. The van der Waals surface area contributed by atoms with Crippen molar-refractivity contribution < 1.29 is 14.3 Å². The van der Waals surface area contributed by atoms with E-state index in [4.69, 9.17) is 4.74 Å². The second kappa shape index (κ2) is 6.93. The highest BCUT2D eigenvalue weighted by Gasteiger charge is 2.31. The molecule has 0 radical (unpaired) electrons. The summed E-state index contributed by atoms with van der Waals surface area (Å²) in [7, 11) is 0. The van der Waals surface area contributed by atoms with Crippen LogP contribution in [0.25, 0.3) is 0 Å². The average Bonchev–Trinajstić information content (AvgIpc) is 3.10. The molecule has 0 aromatic carbocycles. The SMILES string of the molecule is Cc1cc2n(c1C(=O)c1cccs1)CCCCC2C(=O)OC(C)C. The second-order valence-corrected chi connectivity index (χ2v) is 7.54. The predicted molar refractivity (Wildman–Crippen MR) is 94.7 cm³/mol. The zero-order valence-electron chi connectivity index (χ0n) is 14.4. The van der Waals surface area contributed by atoms with Gasteiger partial charge in [-0.15, -0.1) is 11.3 Å². The fourth-order valence-electron chi connectivity index (χ4n) is 3.39. The quantitative estimate of drug-likeness (QED) is 0.613. The van der Waals surface area contributed by atoms with Crippen LogP contribution in [0.3, 0.4) is 0 Å². The van der Waals surface area contributed by atoms with Crippen LogP contribution in [0.5, 0.6) is 0 Å². The van der Waals surface area contributed by atoms with Gasteiger partial charge in [0.2, 0.25) is 5.78 Å². The Morgan fingerprint density at radius 2 is 2.12 bits per heavy atom. The van der Waals surface area contributed by atoms with Gasteiger partial charge in [-0.2, -0.15) is 0 Å². The molecule has 3 rings (SSSR count). The van der Waals surface area contributed by atoms with Crippen LogP contribution < -0.4 is 0 Å². The van der Waals surface area contributed by atoms with E-state index in [1.165, 1.54) is 11.3 Å². The molecule has 0 spiro atoms. The van der Waals surface area contributed by atoms with Gasteiger partial charge in [0, 0.05) is 12.2 Å². The fourth-order valence-corrected chi connectivity index (χ4v) is 4.05. The molecule has 4 nitrogen and oxygen atoms in total. The molecule has 2 aromatic heterocycles. The van der Waals surface area contributed by atoms with Gasteiger partial charge in [0.1, 0.15) is 0 Å². The first-order valence-corrected chi connectivity index (χ1v) is 9.35. The number of carbonyl (C=O) groups excluding carboxylic acids is 2. The molecule has 0 saturated carbocycles. The molecule has 24 heavy (non-hydrogen) atoms. The van der Waals surface area contributed by atoms with Gasteiger partial charge in [-0.3, -0.25) is 9.59 Å². The van der Waals surface area contributed by atoms with Crippen LogP contribution in [0.15, 0.2) is 23.6 Å². The summed E-state index contributed by atoms with van der Waals surface area (Å²) in [6.45, 7) is 6.46. The zero-order valence-corrected chi connectivity index (χ0v) is 15.2. The van der Waals surface area contributed by atoms with Crippen molar-refractivity contribution in [1.82, 2.24) is 4.57 Å². The molecule has 1 aliphatic heterocycles. The van der Waals surface area contributed by atoms with Gasteiger partial charge in [-0.25, -0.2) is 0 Å². The molecule has 0 fully saturated rings. The Hall–Kier alpha value is -1.88. The molecule has 0 amide bonds. The van der Waals surface area contributed by atoms with Crippen LogP contribution in [0.1, 0.15) is 65.7 Å². The third-order valence-corrected chi connectivity index (χ3v) is 5.27. The number of fused-ring (bicyclic) bond motifs is 1. The molecular weight excluding hydrogens is 322 g/mol. The summed E-state index contributed by atoms with van der Waals surface area (Å²) in [5.74, 6) is -0.411. The smallest absolute Gasteiger partial charge is 0.315 e. The standard InChI is InChI=1S/C19H23NO3S/c1-12(2)23-19(22)14-7-4-5-9-20-15(14)11-13(3)17(20)18(21)16-8-6-10-24-16/h6,8,10-12,14H,4-5,7,9H2,1-3H3. The minimum Gasteiger partial charge on any atom is -0.462 e. The van der Waals surface area contributed by atoms with Crippen molar-refractivity contribution in [2.24, 2.45) is 0 Å². The minimum atomic E-state index is -0.279. The lowest BCUT2D eigenvalue weighted by Crippen LogP contribution is -2.21. The fraction of sp³-hybridized carbons (Fsp3) is 0.474. The van der Waals surface area contributed by atoms with Gasteiger partial charge in [0.25, 0.3) is 0 Å². The average molecular weight is 345 g/mol. The van der Waals surface area contributed by atoms with Crippen LogP contribution in [0.4, 0.5) is 0 Å². The Morgan fingerprint density at radius 1 is 1.33 bits per heavy atom. The molecule has 128 valence electrons. The van der Waals surface area contributed by atoms with Gasteiger partial charge in [0.05, 0.1) is 22.6 Å². The third kappa shape index (κ3) is 3.18. The van der Waals surface area contributed by atoms with Gasteiger partial charge in [-0.1, -0.05) is 12.5 Å². The van der Waals surface area contributed by atoms with E-state index in [2.05, 4.69) is 4.57 Å². The lowest BCUT2D eigenvalue weighted by molar-refractivity contribution is -0.149. The zero-order chi connectivity index (χ0) is 17.3. The van der Waals surface area contributed by atoms with E-state index in [0.29, 0.717) is 0 Å². The predicted octanol–water partition coefficient (Wildman–Crippen LogP) is 4.31. The Morgan fingerprint density at radius 3 is 2.79 bits per heavy atom. The maximum absolute atomic E-state index is 12.9. The number of aryl methyl sites for hydroxylation is 1. The maximum atomic E-state index is 12.9. The van der Waals surface area contributed by atoms with Crippen molar-refractivity contribution >= 4 is 23.1 Å². The maximum Gasteiger partial charge on any atom is 0.315 e. The summed E-state index contributed by atoms with van der Waals surface area (Å²) >= 11 is 1.45. The molecule has 2 aromatic rings. The molecule has 1 aliphatic rings. The summed E-state index contributed by atoms with van der Waals surface area (Å²) in [4.78, 5) is 26.2. The molecular formula is C19H23NO3S. The minimum absolute atomic E-state index is 0.0478. The number of ether oxygens (including phenoxy) is 1. The number of hydrogen-bond donors (Lipinski definition) is 0. The molecule has 0 N–H and O–H groups in total. The highest BCUT2D eigenvalue weighted by molar-refractivity contribution is 7.12. The van der Waals surface area contributed by atoms with Crippen molar-refractivity contribution in [1.29, 1.82) is 0 Å². The van der Waals surface area contributed by atoms with Crippen molar-refractivity contribution in [2.45, 2.75) is 58.6 Å². The first kappa shape index (κ1) is 17.0. The number of carbonyl (C=O) groups is 2. The van der Waals surface area contributed by atoms with Crippen molar-refractivity contribution in [3.8, 4) is 0 Å². The van der Waals surface area contributed by atoms with E-state index in [1.54, 1.807) is 0 Å². The van der Waals surface area contributed by atoms with E-state index in [0.717, 1.165) is 47.6 Å². The van der Waals surface area contributed by atoms with Crippen LogP contribution in [0, 0.1) is 6.92 Å². The van der Waals surface area contributed by atoms with Gasteiger partial charge in [0.15, 0.2) is 0 Å². The van der Waals surface area contributed by atoms with Crippen LogP contribution >= 0.6 is 11.3 Å². The Bertz CT molecular complexity index is 743. The van der Waals surface area contributed by atoms with Crippen LogP contribution in [-0.4, -0.2) is 22.4 Å². The van der Waals surface area contributed by atoms with Crippen LogP contribution in [-0.2, 0) is 16.1 Å². The number of thiophene rings is 1. The lowest BCUT2D eigenvalue weighted by atomic mass is 9.99. The Labute approximate surface area is 146 Å². The molecule has 0 bridgehead atoms. The normalized spacial score (nSPS) is 17.4. The van der Waals surface area contributed by atoms with E-state index in [1.807, 2.05) is 44.4 Å². The highest BCUT2D eigenvalue weighted by atomic mass is 32.1. The number of esters is 1. The van der Waals surface area contributed by atoms with E-state index in [9.17, 15) is 9.59 Å². The number of aromatic nitrogens is 1. The molecule has 3 heterocycles. The molecule has 0 aliphatic carbocycles. The summed E-state index contributed by atoms with van der Waals surface area (Å²) < 4.78 is 7.50. The van der Waals surface area contributed by atoms with E-state index in [-0.39, 0.29) is 23.8 Å². The number of nitrogens with zero attached hydrogens (tertiary/aromatic N) is 1. The summed E-state index contributed by atoms with van der Waals surface area (Å²) in [5.41, 5.74) is 2.58. The van der Waals surface area contributed by atoms with Crippen LogP contribution in [0.2, 0.25) is 0 Å². The molecule has 1 unspecified atom stereocenters. The number of rotatable bonds is 4. The number of ketones is 1. The first-order valence-electron chi connectivity index (χ1n) is 8.47. The summed E-state index contributed by atoms with van der Waals surface area (Å²) in [6, 6.07) is 5.74. The highest BCUT2D eigenvalue weighted by Crippen LogP contribution is 2.33. The largest absolute Gasteiger partial charge is 0.462 e. The van der Waals surface area contributed by atoms with E-state index < -0.39 is 0 Å². The molecule has 0 saturated heterocycles. The van der Waals surface area contributed by atoms with Gasteiger partial charge in [-0.05, 0) is 56.7 Å². The second-order valence-electron chi connectivity index (χ2n) is 6.59. The molecule has 5 heteroatoms. The van der Waals surface area contributed by atoms with Crippen molar-refractivity contribution in [2.75, 3.05) is 0 Å². The summed E-state index contributed by atoms with van der Waals surface area (Å²) in [6.07, 6.45) is 2.59. The van der Waals surface area contributed by atoms with Crippen molar-refractivity contribution in [3.63, 3.8) is 0 Å². The number of hydrogen-bond acceptors (Lipinski definition) is 4. The van der Waals surface area contributed by atoms with E-state index >= 15 is 0 Å².